The summed E-state index contributed by atoms with van der Waals surface area (Å²) in [6.07, 6.45) is 1.61. The number of hydrogen-bond donors (Lipinski definition) is 2. The Morgan fingerprint density at radius 1 is 0.767 bits per heavy atom. The predicted molar refractivity (Wildman–Crippen MR) is 149 cm³/mol. The lowest BCUT2D eigenvalue weighted by atomic mass is 10.1. The van der Waals surface area contributed by atoms with Gasteiger partial charge in [-0.25, -0.2) is 4.79 Å². The SMILES string of the molecule is COc1cc(/C=C/C(O)=C/C(=O)/C=C/c2ccc(OC(=O)c3ccc(C(F)(F)F)cc3OC(C)=O)c(OC)c2)ccc1O. The van der Waals surface area contributed by atoms with Crippen molar-refractivity contribution in [1.29, 1.82) is 0 Å². The molecule has 3 rings (SSSR count). The van der Waals surface area contributed by atoms with E-state index in [0.29, 0.717) is 23.3 Å². The largest absolute Gasteiger partial charge is 0.508 e. The van der Waals surface area contributed by atoms with Crippen LogP contribution in [0, 0.1) is 0 Å². The van der Waals surface area contributed by atoms with Gasteiger partial charge in [-0.15, -0.1) is 0 Å². The number of alkyl halides is 3. The molecule has 0 aliphatic carbocycles. The van der Waals surface area contributed by atoms with Gasteiger partial charge in [-0.05, 0) is 65.7 Å². The van der Waals surface area contributed by atoms with Crippen molar-refractivity contribution in [2.75, 3.05) is 14.2 Å². The van der Waals surface area contributed by atoms with Gasteiger partial charge in [0.05, 0.1) is 19.8 Å². The molecule has 224 valence electrons. The average Bonchev–Trinajstić information content (AvgIpc) is 2.95. The zero-order chi connectivity index (χ0) is 31.7. The molecule has 9 nitrogen and oxygen atoms in total. The highest BCUT2D eigenvalue weighted by molar-refractivity contribution is 6.02. The van der Waals surface area contributed by atoms with E-state index in [1.165, 1.54) is 68.9 Å². The Morgan fingerprint density at radius 3 is 2.02 bits per heavy atom. The van der Waals surface area contributed by atoms with Crippen molar-refractivity contribution in [2.24, 2.45) is 0 Å². The third-order valence-corrected chi connectivity index (χ3v) is 5.55. The number of allylic oxidation sites excluding steroid dienone is 3. The van der Waals surface area contributed by atoms with E-state index in [1.807, 2.05) is 0 Å². The van der Waals surface area contributed by atoms with E-state index in [2.05, 4.69) is 0 Å². The number of phenols is 1. The van der Waals surface area contributed by atoms with Crippen LogP contribution in [-0.2, 0) is 15.8 Å². The maximum Gasteiger partial charge on any atom is 0.416 e. The summed E-state index contributed by atoms with van der Waals surface area (Å²) >= 11 is 0. The van der Waals surface area contributed by atoms with Crippen molar-refractivity contribution in [1.82, 2.24) is 0 Å². The first kappa shape index (κ1) is 32.0. The Hall–Kier alpha value is -5.52. The number of halogens is 3. The summed E-state index contributed by atoms with van der Waals surface area (Å²) in [4.78, 5) is 36.5. The van der Waals surface area contributed by atoms with E-state index < -0.39 is 40.8 Å². The molecule has 43 heavy (non-hydrogen) atoms. The number of aliphatic hydroxyl groups excluding tert-OH is 1. The molecule has 12 heteroatoms. The minimum atomic E-state index is -4.74. The fourth-order valence-corrected chi connectivity index (χ4v) is 3.53. The molecule has 0 unspecified atom stereocenters. The minimum Gasteiger partial charge on any atom is -0.508 e. The number of carbonyl (C=O) groups excluding carboxylic acids is 3. The smallest absolute Gasteiger partial charge is 0.416 e. The number of hydrogen-bond acceptors (Lipinski definition) is 9. The van der Waals surface area contributed by atoms with Crippen molar-refractivity contribution in [3.63, 3.8) is 0 Å². The third kappa shape index (κ3) is 8.98. The summed E-state index contributed by atoms with van der Waals surface area (Å²) in [5, 5.41) is 19.7. The molecular formula is C31H25F3O9. The van der Waals surface area contributed by atoms with E-state index >= 15 is 0 Å². The number of methoxy groups -OCH3 is 2. The Morgan fingerprint density at radius 2 is 1.40 bits per heavy atom. The summed E-state index contributed by atoms with van der Waals surface area (Å²) in [6, 6.07) is 10.8. The van der Waals surface area contributed by atoms with Gasteiger partial charge in [0.25, 0.3) is 0 Å². The second-order valence-electron chi connectivity index (χ2n) is 8.67. The maximum absolute atomic E-state index is 13.1. The number of rotatable bonds is 10. The monoisotopic (exact) mass is 598 g/mol. The zero-order valence-corrected chi connectivity index (χ0v) is 23.0. The quantitative estimate of drug-likeness (QED) is 0.0907. The number of benzene rings is 3. The first-order valence-corrected chi connectivity index (χ1v) is 12.3. The van der Waals surface area contributed by atoms with Gasteiger partial charge in [-0.3, -0.25) is 9.59 Å². The zero-order valence-electron chi connectivity index (χ0n) is 23.0. The molecule has 3 aromatic rings. The molecule has 0 heterocycles. The molecule has 2 N–H and O–H groups in total. The number of ketones is 1. The van der Waals surface area contributed by atoms with Crippen molar-refractivity contribution < 1.29 is 56.7 Å². The van der Waals surface area contributed by atoms with Crippen LogP contribution in [0.15, 0.2) is 78.6 Å². The van der Waals surface area contributed by atoms with Gasteiger partial charge in [0, 0.05) is 13.0 Å². The maximum atomic E-state index is 13.1. The number of aromatic hydroxyl groups is 1. The average molecular weight is 599 g/mol. The van der Waals surface area contributed by atoms with Gasteiger partial charge in [0.1, 0.15) is 17.1 Å². The van der Waals surface area contributed by atoms with Gasteiger partial charge >= 0.3 is 18.1 Å². The Labute approximate surface area is 243 Å². The fourth-order valence-electron chi connectivity index (χ4n) is 3.53. The highest BCUT2D eigenvalue weighted by atomic mass is 19.4. The topological polar surface area (TPSA) is 129 Å². The van der Waals surface area contributed by atoms with E-state index in [1.54, 1.807) is 6.07 Å². The molecule has 0 atom stereocenters. The van der Waals surface area contributed by atoms with Gasteiger partial charge < -0.3 is 29.2 Å². The summed E-state index contributed by atoms with van der Waals surface area (Å²) in [5.41, 5.74) is -0.503. The fraction of sp³-hybridized carbons (Fsp3) is 0.129. The van der Waals surface area contributed by atoms with Crippen LogP contribution in [-0.4, -0.2) is 42.2 Å². The third-order valence-electron chi connectivity index (χ3n) is 5.55. The molecule has 0 fully saturated rings. The molecule has 0 amide bonds. The van der Waals surface area contributed by atoms with Crippen LogP contribution in [0.2, 0.25) is 0 Å². The highest BCUT2D eigenvalue weighted by Crippen LogP contribution is 2.35. The molecule has 0 bridgehead atoms. The van der Waals surface area contributed by atoms with E-state index in [9.17, 15) is 37.8 Å². The van der Waals surface area contributed by atoms with E-state index in [0.717, 1.165) is 19.1 Å². The van der Waals surface area contributed by atoms with Gasteiger partial charge in [-0.2, -0.15) is 13.2 Å². The van der Waals surface area contributed by atoms with Crippen LogP contribution in [0.4, 0.5) is 13.2 Å². The number of carbonyl (C=O) groups is 3. The summed E-state index contributed by atoms with van der Waals surface area (Å²) < 4.78 is 59.6. The van der Waals surface area contributed by atoms with Gasteiger partial charge in [0.15, 0.2) is 28.8 Å². The molecule has 0 saturated carbocycles. The molecule has 0 aromatic heterocycles. The van der Waals surface area contributed by atoms with Crippen molar-refractivity contribution in [3.05, 3.63) is 101 Å². The lowest BCUT2D eigenvalue weighted by Crippen LogP contribution is -2.15. The highest BCUT2D eigenvalue weighted by Gasteiger charge is 2.32. The van der Waals surface area contributed by atoms with Gasteiger partial charge in [-0.1, -0.05) is 24.3 Å². The Kier molecular flexibility index (Phi) is 10.3. The molecule has 0 aliphatic heterocycles. The normalized spacial score (nSPS) is 11.9. The van der Waals surface area contributed by atoms with Crippen LogP contribution in [0.1, 0.15) is 34.0 Å². The number of phenolic OH excluding ortho intramolecular Hbond substituents is 1. The van der Waals surface area contributed by atoms with Crippen LogP contribution >= 0.6 is 0 Å². The Balaban J connectivity index is 1.73. The van der Waals surface area contributed by atoms with Crippen LogP contribution < -0.4 is 18.9 Å². The second kappa shape index (κ2) is 13.9. The molecule has 0 radical (unpaired) electrons. The number of aliphatic hydroxyl groups is 1. The van der Waals surface area contributed by atoms with Crippen molar-refractivity contribution in [2.45, 2.75) is 13.1 Å². The molecular weight excluding hydrogens is 573 g/mol. The molecule has 0 saturated heterocycles. The lowest BCUT2D eigenvalue weighted by Gasteiger charge is -2.14. The summed E-state index contributed by atoms with van der Waals surface area (Å²) in [5.74, 6) is -3.42. The first-order valence-electron chi connectivity index (χ1n) is 12.3. The first-order chi connectivity index (χ1) is 20.3. The van der Waals surface area contributed by atoms with E-state index in [4.69, 9.17) is 18.9 Å². The Bertz CT molecular complexity index is 1620. The van der Waals surface area contributed by atoms with Gasteiger partial charge in [0.2, 0.25) is 0 Å². The summed E-state index contributed by atoms with van der Waals surface area (Å²) in [6.45, 7) is 0.971. The predicted octanol–water partition coefficient (Wildman–Crippen LogP) is 6.31. The van der Waals surface area contributed by atoms with Crippen LogP contribution in [0.3, 0.4) is 0 Å². The standard InChI is InChI=1S/C31H25F3O9/c1-18(35)42-27-16-21(31(32,33)34)8-11-24(27)30(39)43-26-13-7-20(15-29(26)41-3)5-10-23(37)17-22(36)9-4-19-6-12-25(38)28(14-19)40-2/h4-17,36,38H,1-3H3/b9-4+,10-5+,22-17-. The molecule has 0 aliphatic rings. The molecule has 0 spiro atoms. The lowest BCUT2D eigenvalue weighted by molar-refractivity contribution is -0.138. The summed E-state index contributed by atoms with van der Waals surface area (Å²) in [7, 11) is 2.68. The van der Waals surface area contributed by atoms with Crippen molar-refractivity contribution >= 4 is 29.9 Å². The second-order valence-corrected chi connectivity index (χ2v) is 8.67. The van der Waals surface area contributed by atoms with E-state index in [-0.39, 0.29) is 28.8 Å². The van der Waals surface area contributed by atoms with Crippen LogP contribution in [0.5, 0.6) is 28.7 Å². The number of ether oxygens (including phenoxy) is 4. The van der Waals surface area contributed by atoms with Crippen molar-refractivity contribution in [3.8, 4) is 28.7 Å². The number of esters is 2. The van der Waals surface area contributed by atoms with Crippen LogP contribution in [0.25, 0.3) is 12.2 Å². The molecule has 3 aromatic carbocycles. The minimum absolute atomic E-state index is 0.0462.